The van der Waals surface area contributed by atoms with Gasteiger partial charge in [0.05, 0.1) is 25.4 Å². The highest BCUT2D eigenvalue weighted by Gasteiger charge is 2.38. The van der Waals surface area contributed by atoms with Crippen LogP contribution in [0.3, 0.4) is 0 Å². The van der Waals surface area contributed by atoms with Gasteiger partial charge in [0.2, 0.25) is 5.91 Å². The molecule has 1 amide bonds. The van der Waals surface area contributed by atoms with Crippen molar-refractivity contribution in [3.63, 3.8) is 0 Å². The first-order valence-corrected chi connectivity index (χ1v) is 15.4. The van der Waals surface area contributed by atoms with E-state index in [-0.39, 0.29) is 50.1 Å². The Labute approximate surface area is 251 Å². The lowest BCUT2D eigenvalue weighted by molar-refractivity contribution is -0.268. The van der Waals surface area contributed by atoms with Crippen molar-refractivity contribution in [2.45, 2.75) is 57.8 Å². The lowest BCUT2D eigenvalue weighted by Gasteiger charge is -2.41. The van der Waals surface area contributed by atoms with Crippen LogP contribution in [0.25, 0.3) is 11.1 Å². The molecule has 0 saturated carbocycles. The fraction of sp³-hybridized carbons (Fsp3) is 0.394. The highest BCUT2D eigenvalue weighted by atomic mass is 32.2. The van der Waals surface area contributed by atoms with Crippen LogP contribution in [0.5, 0.6) is 0 Å². The smallest absolute Gasteiger partial charge is 0.303 e. The number of carbonyl (C=O) groups excluding carboxylic acids is 1. The molecule has 9 heteroatoms. The van der Waals surface area contributed by atoms with Gasteiger partial charge >= 0.3 is 5.97 Å². The summed E-state index contributed by atoms with van der Waals surface area (Å²) in [6, 6.07) is 23.9. The van der Waals surface area contributed by atoms with Gasteiger partial charge in [0.1, 0.15) is 0 Å². The van der Waals surface area contributed by atoms with Crippen molar-refractivity contribution >= 4 is 23.6 Å². The molecule has 0 aliphatic carbocycles. The molecule has 4 rings (SSSR count). The summed E-state index contributed by atoms with van der Waals surface area (Å²) < 4.78 is 13.0. The third-order valence-electron chi connectivity index (χ3n) is 7.37. The molecular weight excluding hydrogens is 554 g/mol. The Morgan fingerprint density at radius 3 is 2.31 bits per heavy atom. The number of carboxylic acid groups (broad SMARTS) is 1. The Bertz CT molecular complexity index is 1300. The van der Waals surface area contributed by atoms with Gasteiger partial charge < -0.3 is 30.1 Å². The van der Waals surface area contributed by atoms with E-state index >= 15 is 0 Å². The number of hydrogen-bond acceptors (Lipinski definition) is 7. The minimum absolute atomic E-state index is 0.00793. The van der Waals surface area contributed by atoms with E-state index in [1.807, 2.05) is 72.8 Å². The number of rotatable bonds is 14. The third-order valence-corrected chi connectivity index (χ3v) is 8.40. The van der Waals surface area contributed by atoms with E-state index in [1.165, 1.54) is 0 Å². The van der Waals surface area contributed by atoms with Crippen LogP contribution >= 0.6 is 11.8 Å². The number of amides is 1. The Morgan fingerprint density at radius 1 is 0.881 bits per heavy atom. The van der Waals surface area contributed by atoms with Crippen molar-refractivity contribution in [1.29, 1.82) is 0 Å². The second-order valence-corrected chi connectivity index (χ2v) is 11.6. The van der Waals surface area contributed by atoms with Crippen molar-refractivity contribution in [2.75, 3.05) is 18.1 Å². The van der Waals surface area contributed by atoms with Crippen molar-refractivity contribution in [2.24, 2.45) is 5.92 Å². The van der Waals surface area contributed by atoms with E-state index in [1.54, 1.807) is 11.8 Å². The molecule has 1 heterocycles. The van der Waals surface area contributed by atoms with Gasteiger partial charge in [-0.05, 0) is 40.3 Å². The Balaban J connectivity index is 1.45. The van der Waals surface area contributed by atoms with Gasteiger partial charge in [-0.2, -0.15) is 11.8 Å². The highest BCUT2D eigenvalue weighted by molar-refractivity contribution is 7.99. The molecule has 1 aliphatic rings. The second kappa shape index (κ2) is 15.9. The Hall–Kier alpha value is -3.21. The summed E-state index contributed by atoms with van der Waals surface area (Å²) in [7, 11) is 0. The van der Waals surface area contributed by atoms with Gasteiger partial charge in [-0.1, -0.05) is 73.7 Å². The quantitative estimate of drug-likeness (QED) is 0.187. The number of carbonyl (C=O) groups is 2. The van der Waals surface area contributed by atoms with E-state index < -0.39 is 12.3 Å². The molecule has 0 unspecified atom stereocenters. The third kappa shape index (κ3) is 8.89. The van der Waals surface area contributed by atoms with Crippen LogP contribution in [0.4, 0.5) is 0 Å². The first-order valence-electron chi connectivity index (χ1n) is 14.2. The summed E-state index contributed by atoms with van der Waals surface area (Å²) in [5.74, 6) is 0.419. The van der Waals surface area contributed by atoms with E-state index in [0.29, 0.717) is 18.7 Å². The van der Waals surface area contributed by atoms with E-state index in [4.69, 9.17) is 14.6 Å². The summed E-state index contributed by atoms with van der Waals surface area (Å²) >= 11 is 1.66. The molecule has 4 N–H and O–H groups in total. The number of nitrogens with one attached hydrogen (secondary N) is 1. The van der Waals surface area contributed by atoms with E-state index in [2.05, 4.69) is 12.2 Å². The molecule has 3 aromatic rings. The van der Waals surface area contributed by atoms with E-state index in [9.17, 15) is 19.8 Å². The monoisotopic (exact) mass is 593 g/mol. The fourth-order valence-corrected chi connectivity index (χ4v) is 5.87. The fourth-order valence-electron chi connectivity index (χ4n) is 4.96. The van der Waals surface area contributed by atoms with Crippen molar-refractivity contribution in [3.8, 4) is 11.1 Å². The number of aliphatic carboxylic acids is 1. The lowest BCUT2D eigenvalue weighted by Crippen LogP contribution is -2.38. The Kier molecular flexibility index (Phi) is 12.0. The summed E-state index contributed by atoms with van der Waals surface area (Å²) in [4.78, 5) is 22.7. The number of hydrogen-bond donors (Lipinski definition) is 4. The number of benzene rings is 3. The van der Waals surface area contributed by atoms with Crippen LogP contribution in [-0.2, 0) is 32.2 Å². The number of aliphatic hydroxyl groups excluding tert-OH is 2. The Morgan fingerprint density at radius 2 is 1.62 bits per heavy atom. The number of carboxylic acids is 1. The topological polar surface area (TPSA) is 125 Å². The molecular formula is C33H39NO7S. The molecule has 224 valence electrons. The minimum atomic E-state index is -0.900. The van der Waals surface area contributed by atoms with Gasteiger partial charge in [0.15, 0.2) is 6.29 Å². The maximum atomic E-state index is 12.0. The molecule has 3 aromatic carbocycles. The van der Waals surface area contributed by atoms with E-state index in [0.717, 1.165) is 39.1 Å². The minimum Gasteiger partial charge on any atom is -0.481 e. The average molecular weight is 594 g/mol. The van der Waals surface area contributed by atoms with Gasteiger partial charge in [-0.3, -0.25) is 9.59 Å². The van der Waals surface area contributed by atoms with Crippen LogP contribution in [0.15, 0.2) is 72.8 Å². The summed E-state index contributed by atoms with van der Waals surface area (Å²) in [5, 5.41) is 30.3. The van der Waals surface area contributed by atoms with Gasteiger partial charge in [0, 0.05) is 42.4 Å². The molecule has 0 bridgehead atoms. The van der Waals surface area contributed by atoms with Gasteiger partial charge in [-0.15, -0.1) is 0 Å². The first kappa shape index (κ1) is 31.7. The molecule has 1 saturated heterocycles. The van der Waals surface area contributed by atoms with Gasteiger partial charge in [-0.25, -0.2) is 0 Å². The summed E-state index contributed by atoms with van der Waals surface area (Å²) in [5.41, 5.74) is 5.77. The normalized spacial score (nSPS) is 20.3. The zero-order valence-electron chi connectivity index (χ0n) is 23.8. The maximum absolute atomic E-state index is 12.0. The SMILES string of the molecule is C[C@@H]1[C@H](CSCCO)O[C@H](c2ccc(-c3cccc(CNC(=O)CCCC(=O)O)c3)cc2)O[C@@H]1c1ccc(CO)cc1. The molecule has 1 fully saturated rings. The summed E-state index contributed by atoms with van der Waals surface area (Å²) in [6.45, 7) is 2.61. The van der Waals surface area contributed by atoms with Crippen LogP contribution < -0.4 is 5.32 Å². The zero-order valence-corrected chi connectivity index (χ0v) is 24.6. The van der Waals surface area contributed by atoms with Crippen molar-refractivity contribution < 1.29 is 34.4 Å². The molecule has 4 atom stereocenters. The number of aliphatic hydroxyl groups is 2. The van der Waals surface area contributed by atoms with Crippen LogP contribution in [-0.4, -0.2) is 51.4 Å². The predicted molar refractivity (Wildman–Crippen MR) is 163 cm³/mol. The lowest BCUT2D eigenvalue weighted by atomic mass is 9.91. The molecule has 0 spiro atoms. The van der Waals surface area contributed by atoms with Crippen LogP contribution in [0.1, 0.15) is 60.8 Å². The number of ether oxygens (including phenoxy) is 2. The zero-order chi connectivity index (χ0) is 29.9. The summed E-state index contributed by atoms with van der Waals surface area (Å²) in [6.07, 6.45) is -0.324. The molecule has 0 radical (unpaired) electrons. The number of thioether (sulfide) groups is 1. The van der Waals surface area contributed by atoms with Crippen molar-refractivity contribution in [1.82, 2.24) is 5.32 Å². The highest BCUT2D eigenvalue weighted by Crippen LogP contribution is 2.42. The molecule has 0 aromatic heterocycles. The van der Waals surface area contributed by atoms with Crippen LogP contribution in [0.2, 0.25) is 0 Å². The molecule has 1 aliphatic heterocycles. The molecule has 42 heavy (non-hydrogen) atoms. The second-order valence-electron chi connectivity index (χ2n) is 10.5. The first-order chi connectivity index (χ1) is 20.4. The largest absolute Gasteiger partial charge is 0.481 e. The standard InChI is InChI=1S/C33H39NO7S/c1-22-29(21-42-17-16-35)40-33(41-32(22)26-10-8-23(20-36)9-11-26)27-14-12-25(13-15-27)28-5-2-4-24(18-28)19-34-30(37)6-3-7-31(38)39/h2,4-5,8-15,18,22,29,32-33,35-36H,3,6-7,16-17,19-21H2,1H3,(H,34,37)(H,38,39)/t22-,29+,32+,33+/m1/s1. The van der Waals surface area contributed by atoms with Crippen LogP contribution in [0, 0.1) is 5.92 Å². The maximum Gasteiger partial charge on any atom is 0.303 e. The average Bonchev–Trinajstić information content (AvgIpc) is 3.01. The van der Waals surface area contributed by atoms with Gasteiger partial charge in [0.25, 0.3) is 0 Å². The molecule has 8 nitrogen and oxygen atoms in total. The van der Waals surface area contributed by atoms with Crippen molar-refractivity contribution in [3.05, 3.63) is 95.1 Å². The predicted octanol–water partition coefficient (Wildman–Crippen LogP) is 5.23.